The topological polar surface area (TPSA) is 77.4 Å². The van der Waals surface area contributed by atoms with Crippen molar-refractivity contribution in [2.45, 2.75) is 112 Å². The van der Waals surface area contributed by atoms with Crippen LogP contribution in [0.15, 0.2) is 0 Å². The summed E-state index contributed by atoms with van der Waals surface area (Å²) in [5.41, 5.74) is 0. The largest absolute Gasteiger partial charge is 0.387 e. The van der Waals surface area contributed by atoms with Gasteiger partial charge in [-0.3, -0.25) is 0 Å². The summed E-state index contributed by atoms with van der Waals surface area (Å²) in [5, 5.41) is 21.7. The molecule has 0 bridgehead atoms. The Hall–Kier alpha value is -0.240. The average Bonchev–Trinajstić information content (AvgIpc) is 3.14. The number of aliphatic hydroxyl groups is 2. The minimum atomic E-state index is -0.814. The van der Waals surface area contributed by atoms with E-state index in [0.29, 0.717) is 0 Å². The molecule has 0 aromatic rings. The Labute approximate surface area is 142 Å². The maximum absolute atomic E-state index is 10.9. The quantitative estimate of drug-likeness (QED) is 0.698. The molecule has 6 nitrogen and oxygen atoms in total. The summed E-state index contributed by atoms with van der Waals surface area (Å²) in [6.07, 6.45) is 6.24. The third-order valence-electron chi connectivity index (χ3n) is 6.63. The van der Waals surface area contributed by atoms with Crippen LogP contribution in [0.25, 0.3) is 0 Å². The van der Waals surface area contributed by atoms with Crippen LogP contribution in [-0.4, -0.2) is 58.4 Å². The molecule has 136 valence electrons. The van der Waals surface area contributed by atoms with E-state index in [4.69, 9.17) is 18.9 Å². The van der Waals surface area contributed by atoms with Gasteiger partial charge in [-0.25, -0.2) is 0 Å². The molecule has 0 amide bonds. The molecule has 2 saturated heterocycles. The lowest BCUT2D eigenvalue weighted by atomic mass is 9.85. The summed E-state index contributed by atoms with van der Waals surface area (Å²) in [7, 11) is 0. The molecule has 3 saturated carbocycles. The van der Waals surface area contributed by atoms with Crippen molar-refractivity contribution in [3.8, 4) is 0 Å². The van der Waals surface area contributed by atoms with Crippen molar-refractivity contribution in [1.82, 2.24) is 0 Å². The normalized spacial score (nSPS) is 49.2. The molecule has 2 heterocycles. The molecule has 5 aliphatic rings. The average molecular weight is 340 g/mol. The number of hydrogen-bond donors (Lipinski definition) is 2. The van der Waals surface area contributed by atoms with Gasteiger partial charge in [0.2, 0.25) is 0 Å². The van der Waals surface area contributed by atoms with Gasteiger partial charge >= 0.3 is 0 Å². The first-order chi connectivity index (χ1) is 11.6. The second-order valence-electron chi connectivity index (χ2n) is 8.25. The molecular weight excluding hydrogens is 312 g/mol. The van der Waals surface area contributed by atoms with Crippen molar-refractivity contribution >= 4 is 0 Å². The molecule has 6 heteroatoms. The second kappa shape index (κ2) is 5.63. The maximum atomic E-state index is 10.9. The van der Waals surface area contributed by atoms with Gasteiger partial charge in [-0.1, -0.05) is 12.8 Å². The lowest BCUT2D eigenvalue weighted by Crippen LogP contribution is -2.61. The van der Waals surface area contributed by atoms with E-state index in [0.717, 1.165) is 51.4 Å². The van der Waals surface area contributed by atoms with Crippen LogP contribution in [0, 0.1) is 0 Å². The van der Waals surface area contributed by atoms with E-state index in [-0.39, 0.29) is 0 Å². The molecule has 3 aliphatic carbocycles. The van der Waals surface area contributed by atoms with Crippen molar-refractivity contribution in [1.29, 1.82) is 0 Å². The SMILES string of the molecule is O[C@@H]1[C@H]2OC3(CCCCC3)O[C@@H]2[C@@H](O)[C@@H]2OC3(CCCCC3)O[C@H]12. The van der Waals surface area contributed by atoms with E-state index in [2.05, 4.69) is 0 Å². The Morgan fingerprint density at radius 1 is 0.500 bits per heavy atom. The number of fused-ring (bicyclic) bond motifs is 2. The van der Waals surface area contributed by atoms with E-state index in [1.165, 1.54) is 12.8 Å². The van der Waals surface area contributed by atoms with Gasteiger partial charge in [-0.15, -0.1) is 0 Å². The molecule has 6 atom stereocenters. The van der Waals surface area contributed by atoms with Gasteiger partial charge in [-0.05, 0) is 25.7 Å². The fraction of sp³-hybridized carbons (Fsp3) is 1.00. The molecule has 0 radical (unpaired) electrons. The predicted octanol–water partition coefficient (Wildman–Crippen LogP) is 1.61. The van der Waals surface area contributed by atoms with Gasteiger partial charge in [0.25, 0.3) is 0 Å². The van der Waals surface area contributed by atoms with Crippen LogP contribution in [0.4, 0.5) is 0 Å². The Balaban J connectivity index is 1.38. The van der Waals surface area contributed by atoms with E-state index in [1.807, 2.05) is 0 Å². The Bertz CT molecular complexity index is 412. The Morgan fingerprint density at radius 3 is 1.08 bits per heavy atom. The molecule has 2 aliphatic heterocycles. The van der Waals surface area contributed by atoms with Gasteiger partial charge in [-0.2, -0.15) is 0 Å². The fourth-order valence-corrected chi connectivity index (χ4v) is 5.40. The third kappa shape index (κ3) is 2.31. The highest BCUT2D eigenvalue weighted by molar-refractivity contribution is 5.09. The van der Waals surface area contributed by atoms with E-state index in [9.17, 15) is 10.2 Å². The number of rotatable bonds is 0. The van der Waals surface area contributed by atoms with Crippen molar-refractivity contribution < 1.29 is 29.2 Å². The van der Waals surface area contributed by atoms with Crippen LogP contribution in [-0.2, 0) is 18.9 Å². The van der Waals surface area contributed by atoms with Crippen molar-refractivity contribution in [2.24, 2.45) is 0 Å². The molecule has 5 fully saturated rings. The summed E-state index contributed by atoms with van der Waals surface area (Å²) in [5.74, 6) is -1.26. The van der Waals surface area contributed by atoms with E-state index >= 15 is 0 Å². The minimum Gasteiger partial charge on any atom is -0.387 e. The summed E-state index contributed by atoms with van der Waals surface area (Å²) in [6.45, 7) is 0. The summed E-state index contributed by atoms with van der Waals surface area (Å²) >= 11 is 0. The second-order valence-corrected chi connectivity index (χ2v) is 8.25. The molecular formula is C18H28O6. The minimum absolute atomic E-state index is 0.526. The monoisotopic (exact) mass is 340 g/mol. The highest BCUT2D eigenvalue weighted by atomic mass is 16.8. The first-order valence-corrected chi connectivity index (χ1v) is 9.69. The van der Waals surface area contributed by atoms with Gasteiger partial charge in [0, 0.05) is 25.7 Å². The first-order valence-electron chi connectivity index (χ1n) is 9.69. The lowest BCUT2D eigenvalue weighted by molar-refractivity contribution is -0.224. The zero-order chi connectivity index (χ0) is 16.4. The zero-order valence-electron chi connectivity index (χ0n) is 14.1. The van der Waals surface area contributed by atoms with Crippen molar-refractivity contribution in [3.63, 3.8) is 0 Å². The van der Waals surface area contributed by atoms with Crippen LogP contribution < -0.4 is 0 Å². The molecule has 0 unspecified atom stereocenters. The van der Waals surface area contributed by atoms with Crippen LogP contribution in [0.5, 0.6) is 0 Å². The van der Waals surface area contributed by atoms with E-state index in [1.54, 1.807) is 0 Å². The van der Waals surface area contributed by atoms with Crippen LogP contribution >= 0.6 is 0 Å². The summed E-state index contributed by atoms with van der Waals surface area (Å²) in [6, 6.07) is 0. The third-order valence-corrected chi connectivity index (χ3v) is 6.63. The Kier molecular flexibility index (Phi) is 3.75. The summed E-state index contributed by atoms with van der Waals surface area (Å²) in [4.78, 5) is 0. The Morgan fingerprint density at radius 2 is 0.792 bits per heavy atom. The highest BCUT2D eigenvalue weighted by Gasteiger charge is 2.65. The van der Waals surface area contributed by atoms with Crippen LogP contribution in [0.3, 0.4) is 0 Å². The van der Waals surface area contributed by atoms with E-state index < -0.39 is 48.2 Å². The zero-order valence-corrected chi connectivity index (χ0v) is 14.1. The van der Waals surface area contributed by atoms with Gasteiger partial charge in [0.05, 0.1) is 0 Å². The molecule has 2 spiro atoms. The molecule has 5 rings (SSSR count). The summed E-state index contributed by atoms with van der Waals surface area (Å²) < 4.78 is 24.8. The van der Waals surface area contributed by atoms with Gasteiger partial charge in [0.15, 0.2) is 11.6 Å². The van der Waals surface area contributed by atoms with Crippen molar-refractivity contribution in [2.75, 3.05) is 0 Å². The lowest BCUT2D eigenvalue weighted by Gasteiger charge is -2.38. The molecule has 0 aromatic heterocycles. The molecule has 0 aromatic carbocycles. The number of aliphatic hydroxyl groups excluding tert-OH is 2. The standard InChI is InChI=1S/C18H28O6/c19-11-13-14(22-17(21-13)7-3-1-4-8-17)12(20)16-15(11)23-18(24-16)9-5-2-6-10-18/h11-16,19-20H,1-10H2/t11-,12-,13-,14-,15-,16+/m1/s1. The fourth-order valence-electron chi connectivity index (χ4n) is 5.40. The predicted molar refractivity (Wildman–Crippen MR) is 83.1 cm³/mol. The smallest absolute Gasteiger partial charge is 0.169 e. The number of hydrogen-bond acceptors (Lipinski definition) is 6. The number of ether oxygens (including phenoxy) is 4. The maximum Gasteiger partial charge on any atom is 0.169 e. The molecule has 24 heavy (non-hydrogen) atoms. The highest BCUT2D eigenvalue weighted by Crippen LogP contribution is 2.50. The molecule has 2 N–H and O–H groups in total. The van der Waals surface area contributed by atoms with Crippen molar-refractivity contribution in [3.05, 3.63) is 0 Å². The van der Waals surface area contributed by atoms with Gasteiger partial charge in [0.1, 0.15) is 36.6 Å². The van der Waals surface area contributed by atoms with Crippen LogP contribution in [0.1, 0.15) is 64.2 Å². The first kappa shape index (κ1) is 16.0. The van der Waals surface area contributed by atoms with Gasteiger partial charge < -0.3 is 29.2 Å². The van der Waals surface area contributed by atoms with Crippen LogP contribution in [0.2, 0.25) is 0 Å².